The van der Waals surface area contributed by atoms with Crippen LogP contribution in [0, 0.1) is 6.92 Å². The van der Waals surface area contributed by atoms with Crippen LogP contribution in [0.15, 0.2) is 24.5 Å². The van der Waals surface area contributed by atoms with Crippen molar-refractivity contribution in [2.75, 3.05) is 6.61 Å². The Kier molecular flexibility index (Phi) is 2.81. The maximum Gasteiger partial charge on any atom is 0.340 e. The van der Waals surface area contributed by atoms with Crippen molar-refractivity contribution in [1.29, 1.82) is 0 Å². The van der Waals surface area contributed by atoms with E-state index in [4.69, 9.17) is 4.74 Å². The Balaban J connectivity index is 2.44. The van der Waals surface area contributed by atoms with Gasteiger partial charge in [0, 0.05) is 12.4 Å². The number of ether oxygens (including phenoxy) is 1. The lowest BCUT2D eigenvalue weighted by molar-refractivity contribution is 0.0526. The molecule has 0 fully saturated rings. The van der Waals surface area contributed by atoms with Crippen LogP contribution in [0.1, 0.15) is 22.8 Å². The minimum Gasteiger partial charge on any atom is -0.462 e. The van der Waals surface area contributed by atoms with Crippen LogP contribution in [0.3, 0.4) is 0 Å². The zero-order valence-corrected chi connectivity index (χ0v) is 9.33. The Hall–Kier alpha value is -1.97. The van der Waals surface area contributed by atoms with Crippen LogP contribution in [0.4, 0.5) is 0 Å². The monoisotopic (exact) mass is 218 g/mol. The molecule has 0 aliphatic carbocycles. The maximum absolute atomic E-state index is 11.8. The van der Waals surface area contributed by atoms with Gasteiger partial charge in [-0.3, -0.25) is 0 Å². The third-order valence-corrected chi connectivity index (χ3v) is 2.42. The molecule has 84 valence electrons. The standard InChI is InChI=1S/C12H14N2O2/c1-3-16-12(15)10-8(2)7-14-11(10)9-5-4-6-13-9/h4-7,13-14H,3H2,1-2H3. The predicted octanol–water partition coefficient (Wildman–Crippen LogP) is 2.49. The van der Waals surface area contributed by atoms with Crippen LogP contribution < -0.4 is 0 Å². The summed E-state index contributed by atoms with van der Waals surface area (Å²) in [6.45, 7) is 4.07. The summed E-state index contributed by atoms with van der Waals surface area (Å²) in [6, 6.07) is 3.80. The van der Waals surface area contributed by atoms with E-state index in [9.17, 15) is 4.79 Å². The molecule has 0 aliphatic heterocycles. The van der Waals surface area contributed by atoms with Gasteiger partial charge in [0.05, 0.1) is 23.6 Å². The lowest BCUT2D eigenvalue weighted by Gasteiger charge is -2.03. The normalized spacial score (nSPS) is 10.4. The summed E-state index contributed by atoms with van der Waals surface area (Å²) < 4.78 is 5.03. The number of nitrogens with one attached hydrogen (secondary N) is 2. The summed E-state index contributed by atoms with van der Waals surface area (Å²) in [5.74, 6) is -0.286. The summed E-state index contributed by atoms with van der Waals surface area (Å²) in [5.41, 5.74) is 3.16. The number of carbonyl (C=O) groups is 1. The van der Waals surface area contributed by atoms with Gasteiger partial charge in [-0.1, -0.05) is 0 Å². The van der Waals surface area contributed by atoms with Gasteiger partial charge in [0.25, 0.3) is 0 Å². The SMILES string of the molecule is CCOC(=O)c1c(C)c[nH]c1-c1ccc[nH]1. The summed E-state index contributed by atoms with van der Waals surface area (Å²) >= 11 is 0. The Morgan fingerprint density at radius 1 is 1.44 bits per heavy atom. The summed E-state index contributed by atoms with van der Waals surface area (Å²) in [7, 11) is 0. The fourth-order valence-electron chi connectivity index (χ4n) is 1.69. The van der Waals surface area contributed by atoms with E-state index >= 15 is 0 Å². The molecule has 2 N–H and O–H groups in total. The minimum absolute atomic E-state index is 0.286. The van der Waals surface area contributed by atoms with Crippen LogP contribution in [0.5, 0.6) is 0 Å². The number of rotatable bonds is 3. The molecule has 2 aromatic heterocycles. The van der Waals surface area contributed by atoms with Crippen LogP contribution in [-0.4, -0.2) is 22.5 Å². The summed E-state index contributed by atoms with van der Waals surface area (Å²) in [6.07, 6.45) is 3.63. The lowest BCUT2D eigenvalue weighted by atomic mass is 10.1. The highest BCUT2D eigenvalue weighted by Gasteiger charge is 2.18. The molecule has 4 nitrogen and oxygen atoms in total. The van der Waals surface area contributed by atoms with Gasteiger partial charge in [-0.25, -0.2) is 4.79 Å². The number of hydrogen-bond donors (Lipinski definition) is 2. The molecule has 0 amide bonds. The highest BCUT2D eigenvalue weighted by Crippen LogP contribution is 2.24. The Labute approximate surface area is 93.6 Å². The number of aromatic nitrogens is 2. The van der Waals surface area contributed by atoms with E-state index in [2.05, 4.69) is 9.97 Å². The van der Waals surface area contributed by atoms with E-state index in [1.807, 2.05) is 31.5 Å². The van der Waals surface area contributed by atoms with E-state index in [1.165, 1.54) is 0 Å². The molecule has 0 aromatic carbocycles. The van der Waals surface area contributed by atoms with Crippen LogP contribution in [0.25, 0.3) is 11.4 Å². The number of aryl methyl sites for hydroxylation is 1. The van der Waals surface area contributed by atoms with Gasteiger partial charge < -0.3 is 14.7 Å². The molecular formula is C12H14N2O2. The molecule has 2 aromatic rings. The molecule has 4 heteroatoms. The highest BCUT2D eigenvalue weighted by atomic mass is 16.5. The van der Waals surface area contributed by atoms with Crippen LogP contribution >= 0.6 is 0 Å². The predicted molar refractivity (Wildman–Crippen MR) is 61.3 cm³/mol. The highest BCUT2D eigenvalue weighted by molar-refractivity contribution is 5.97. The Bertz CT molecular complexity index is 483. The smallest absolute Gasteiger partial charge is 0.340 e. The first-order valence-corrected chi connectivity index (χ1v) is 5.23. The van der Waals surface area contributed by atoms with Gasteiger partial charge in [-0.15, -0.1) is 0 Å². The van der Waals surface area contributed by atoms with Gasteiger partial charge in [-0.05, 0) is 31.5 Å². The van der Waals surface area contributed by atoms with E-state index < -0.39 is 0 Å². The molecule has 0 saturated heterocycles. The summed E-state index contributed by atoms with van der Waals surface area (Å²) in [5, 5.41) is 0. The fourth-order valence-corrected chi connectivity index (χ4v) is 1.69. The molecule has 0 radical (unpaired) electrons. The van der Waals surface area contributed by atoms with Crippen molar-refractivity contribution in [3.8, 4) is 11.4 Å². The first-order chi connectivity index (χ1) is 7.74. The third-order valence-electron chi connectivity index (χ3n) is 2.42. The van der Waals surface area contributed by atoms with Gasteiger partial charge in [0.15, 0.2) is 0 Å². The second kappa shape index (κ2) is 4.26. The number of hydrogen-bond acceptors (Lipinski definition) is 2. The van der Waals surface area contributed by atoms with Gasteiger partial charge in [0.1, 0.15) is 0 Å². The van der Waals surface area contributed by atoms with E-state index in [-0.39, 0.29) is 5.97 Å². The second-order valence-corrected chi connectivity index (χ2v) is 3.53. The molecular weight excluding hydrogens is 204 g/mol. The van der Waals surface area contributed by atoms with E-state index in [0.29, 0.717) is 12.2 Å². The van der Waals surface area contributed by atoms with Crippen molar-refractivity contribution in [2.45, 2.75) is 13.8 Å². The number of carbonyl (C=O) groups excluding carboxylic acids is 1. The van der Waals surface area contributed by atoms with Crippen molar-refractivity contribution >= 4 is 5.97 Å². The Morgan fingerprint density at radius 3 is 2.88 bits per heavy atom. The molecule has 16 heavy (non-hydrogen) atoms. The lowest BCUT2D eigenvalue weighted by Crippen LogP contribution is -2.06. The van der Waals surface area contributed by atoms with Crippen molar-refractivity contribution in [3.63, 3.8) is 0 Å². The average molecular weight is 218 g/mol. The molecule has 2 heterocycles. The van der Waals surface area contributed by atoms with Gasteiger partial charge in [-0.2, -0.15) is 0 Å². The molecule has 0 aliphatic rings. The zero-order chi connectivity index (χ0) is 11.5. The van der Waals surface area contributed by atoms with Crippen molar-refractivity contribution < 1.29 is 9.53 Å². The average Bonchev–Trinajstić information content (AvgIpc) is 2.86. The first-order valence-electron chi connectivity index (χ1n) is 5.23. The summed E-state index contributed by atoms with van der Waals surface area (Å²) in [4.78, 5) is 17.9. The third kappa shape index (κ3) is 1.74. The minimum atomic E-state index is -0.286. The second-order valence-electron chi connectivity index (χ2n) is 3.53. The molecule has 0 saturated carbocycles. The van der Waals surface area contributed by atoms with Crippen molar-refractivity contribution in [2.24, 2.45) is 0 Å². The number of esters is 1. The number of H-pyrrole nitrogens is 2. The van der Waals surface area contributed by atoms with E-state index in [1.54, 1.807) is 6.92 Å². The first kappa shape index (κ1) is 10.5. The Morgan fingerprint density at radius 2 is 2.25 bits per heavy atom. The van der Waals surface area contributed by atoms with Gasteiger partial charge in [0.2, 0.25) is 0 Å². The number of aromatic amines is 2. The van der Waals surface area contributed by atoms with Crippen LogP contribution in [-0.2, 0) is 4.74 Å². The van der Waals surface area contributed by atoms with Gasteiger partial charge >= 0.3 is 5.97 Å². The maximum atomic E-state index is 11.8. The van der Waals surface area contributed by atoms with Crippen molar-refractivity contribution in [3.05, 3.63) is 35.7 Å². The zero-order valence-electron chi connectivity index (χ0n) is 9.33. The quantitative estimate of drug-likeness (QED) is 0.777. The van der Waals surface area contributed by atoms with Crippen LogP contribution in [0.2, 0.25) is 0 Å². The van der Waals surface area contributed by atoms with Crippen molar-refractivity contribution in [1.82, 2.24) is 9.97 Å². The van der Waals surface area contributed by atoms with E-state index in [0.717, 1.165) is 17.0 Å². The molecule has 2 rings (SSSR count). The topological polar surface area (TPSA) is 57.9 Å². The molecule has 0 unspecified atom stereocenters. The fraction of sp³-hybridized carbons (Fsp3) is 0.250. The largest absolute Gasteiger partial charge is 0.462 e. The molecule has 0 bridgehead atoms. The molecule has 0 spiro atoms. The molecule has 0 atom stereocenters.